The first-order valence-electron chi connectivity index (χ1n) is 5.40. The van der Waals surface area contributed by atoms with E-state index in [4.69, 9.17) is 10.8 Å². The topological polar surface area (TPSA) is 66.6 Å². The van der Waals surface area contributed by atoms with Crippen LogP contribution in [0.4, 0.5) is 11.4 Å². The highest BCUT2D eigenvalue weighted by molar-refractivity contribution is 5.94. The molecule has 3 N–H and O–H groups in total. The molecule has 1 aromatic rings. The summed E-state index contributed by atoms with van der Waals surface area (Å²) in [6, 6.07) is 5.05. The molecule has 88 valence electrons. The molecule has 0 amide bonds. The minimum Gasteiger partial charge on any atom is -0.478 e. The Kier molecular flexibility index (Phi) is 4.17. The summed E-state index contributed by atoms with van der Waals surface area (Å²) in [5.74, 6) is -0.986. The highest BCUT2D eigenvalue weighted by Crippen LogP contribution is 2.20. The van der Waals surface area contributed by atoms with Crippen molar-refractivity contribution in [1.82, 2.24) is 0 Å². The summed E-state index contributed by atoms with van der Waals surface area (Å²) in [5.41, 5.74) is 7.11. The molecule has 0 aliphatic rings. The number of nitrogen functional groups attached to an aromatic ring is 1. The SMILES string of the molecule is CCCCN(C)c1ccc(C(=O)O)c(N)c1. The molecular formula is C12H18N2O2. The Morgan fingerprint density at radius 3 is 2.69 bits per heavy atom. The van der Waals surface area contributed by atoms with Crippen LogP contribution in [-0.4, -0.2) is 24.7 Å². The lowest BCUT2D eigenvalue weighted by molar-refractivity contribution is 0.0698. The van der Waals surface area contributed by atoms with Gasteiger partial charge < -0.3 is 15.7 Å². The van der Waals surface area contributed by atoms with Crippen LogP contribution in [0.3, 0.4) is 0 Å². The minimum atomic E-state index is -0.986. The molecule has 0 bridgehead atoms. The van der Waals surface area contributed by atoms with Gasteiger partial charge in [0.15, 0.2) is 0 Å². The maximum Gasteiger partial charge on any atom is 0.337 e. The Labute approximate surface area is 95.7 Å². The third-order valence-electron chi connectivity index (χ3n) is 2.55. The summed E-state index contributed by atoms with van der Waals surface area (Å²) in [6.45, 7) is 3.08. The van der Waals surface area contributed by atoms with Gasteiger partial charge in [0.25, 0.3) is 0 Å². The van der Waals surface area contributed by atoms with Crippen LogP contribution in [0.5, 0.6) is 0 Å². The van der Waals surface area contributed by atoms with E-state index >= 15 is 0 Å². The van der Waals surface area contributed by atoms with Crippen molar-refractivity contribution in [3.63, 3.8) is 0 Å². The number of carbonyl (C=O) groups is 1. The number of rotatable bonds is 5. The van der Waals surface area contributed by atoms with Gasteiger partial charge in [-0.05, 0) is 24.6 Å². The first-order chi connectivity index (χ1) is 7.56. The van der Waals surface area contributed by atoms with E-state index in [0.717, 1.165) is 25.1 Å². The summed E-state index contributed by atoms with van der Waals surface area (Å²) in [4.78, 5) is 12.9. The lowest BCUT2D eigenvalue weighted by Crippen LogP contribution is -2.18. The first kappa shape index (κ1) is 12.4. The fourth-order valence-electron chi connectivity index (χ4n) is 1.51. The third-order valence-corrected chi connectivity index (χ3v) is 2.55. The van der Waals surface area contributed by atoms with Crippen LogP contribution < -0.4 is 10.6 Å². The molecular weight excluding hydrogens is 204 g/mol. The molecule has 0 heterocycles. The maximum absolute atomic E-state index is 10.8. The zero-order chi connectivity index (χ0) is 12.1. The molecule has 1 rings (SSSR count). The van der Waals surface area contributed by atoms with E-state index in [0.29, 0.717) is 5.69 Å². The molecule has 0 aliphatic carbocycles. The normalized spacial score (nSPS) is 10.1. The van der Waals surface area contributed by atoms with Crippen LogP contribution in [0.15, 0.2) is 18.2 Å². The second kappa shape index (κ2) is 5.39. The summed E-state index contributed by atoms with van der Waals surface area (Å²) in [5, 5.41) is 8.84. The quantitative estimate of drug-likeness (QED) is 0.749. The van der Waals surface area contributed by atoms with Gasteiger partial charge in [-0.2, -0.15) is 0 Å². The molecule has 1 aromatic carbocycles. The van der Waals surface area contributed by atoms with Crippen LogP contribution in [0.2, 0.25) is 0 Å². The standard InChI is InChI=1S/C12H18N2O2/c1-3-4-7-14(2)9-5-6-10(12(15)16)11(13)8-9/h5-6,8H,3-4,7,13H2,1-2H3,(H,15,16). The Hall–Kier alpha value is -1.71. The molecule has 0 fully saturated rings. The number of anilines is 2. The molecule has 0 aromatic heterocycles. The van der Waals surface area contributed by atoms with Crippen LogP contribution in [0.1, 0.15) is 30.1 Å². The molecule has 0 aliphatic heterocycles. The summed E-state index contributed by atoms with van der Waals surface area (Å²) >= 11 is 0. The smallest absolute Gasteiger partial charge is 0.337 e. The number of hydrogen-bond donors (Lipinski definition) is 2. The third kappa shape index (κ3) is 2.89. The van der Waals surface area contributed by atoms with E-state index < -0.39 is 5.97 Å². The molecule has 4 nitrogen and oxygen atoms in total. The van der Waals surface area contributed by atoms with E-state index in [1.54, 1.807) is 18.2 Å². The van der Waals surface area contributed by atoms with Gasteiger partial charge in [0.1, 0.15) is 0 Å². The Balaban J connectivity index is 2.84. The lowest BCUT2D eigenvalue weighted by atomic mass is 10.1. The summed E-state index contributed by atoms with van der Waals surface area (Å²) < 4.78 is 0. The van der Waals surface area contributed by atoms with Crippen molar-refractivity contribution >= 4 is 17.3 Å². The van der Waals surface area contributed by atoms with Gasteiger partial charge in [0.05, 0.1) is 5.56 Å². The van der Waals surface area contributed by atoms with E-state index in [1.165, 1.54) is 0 Å². The van der Waals surface area contributed by atoms with E-state index in [-0.39, 0.29) is 5.56 Å². The molecule has 0 atom stereocenters. The van der Waals surface area contributed by atoms with Gasteiger partial charge in [-0.1, -0.05) is 13.3 Å². The highest BCUT2D eigenvalue weighted by atomic mass is 16.4. The minimum absolute atomic E-state index is 0.160. The van der Waals surface area contributed by atoms with Gasteiger partial charge in [0, 0.05) is 25.0 Å². The van der Waals surface area contributed by atoms with Crippen molar-refractivity contribution in [1.29, 1.82) is 0 Å². The average molecular weight is 222 g/mol. The lowest BCUT2D eigenvalue weighted by Gasteiger charge is -2.19. The van der Waals surface area contributed by atoms with Crippen LogP contribution in [0, 0.1) is 0 Å². The van der Waals surface area contributed by atoms with Crippen LogP contribution in [0.25, 0.3) is 0 Å². The number of carboxylic acids is 1. The van der Waals surface area contributed by atoms with Crippen molar-refractivity contribution < 1.29 is 9.90 Å². The van der Waals surface area contributed by atoms with Crippen LogP contribution in [-0.2, 0) is 0 Å². The van der Waals surface area contributed by atoms with Crippen molar-refractivity contribution in [2.24, 2.45) is 0 Å². The largest absolute Gasteiger partial charge is 0.478 e. The number of benzene rings is 1. The fraction of sp³-hybridized carbons (Fsp3) is 0.417. The van der Waals surface area contributed by atoms with E-state index in [2.05, 4.69) is 11.8 Å². The molecule has 0 radical (unpaired) electrons. The van der Waals surface area contributed by atoms with Crippen molar-refractivity contribution in [2.75, 3.05) is 24.2 Å². The Bertz CT molecular complexity index is 377. The summed E-state index contributed by atoms with van der Waals surface area (Å²) in [7, 11) is 1.98. The predicted octanol–water partition coefficient (Wildman–Crippen LogP) is 2.20. The predicted molar refractivity (Wildman–Crippen MR) is 66.0 cm³/mol. The van der Waals surface area contributed by atoms with Gasteiger partial charge in [0.2, 0.25) is 0 Å². The van der Waals surface area contributed by atoms with E-state index in [9.17, 15) is 4.79 Å². The summed E-state index contributed by atoms with van der Waals surface area (Å²) in [6.07, 6.45) is 2.24. The monoisotopic (exact) mass is 222 g/mol. The number of carboxylic acid groups (broad SMARTS) is 1. The van der Waals surface area contributed by atoms with Crippen molar-refractivity contribution in [2.45, 2.75) is 19.8 Å². The number of hydrogen-bond acceptors (Lipinski definition) is 3. The zero-order valence-electron chi connectivity index (χ0n) is 9.73. The molecule has 16 heavy (non-hydrogen) atoms. The number of unbranched alkanes of at least 4 members (excludes halogenated alkanes) is 1. The highest BCUT2D eigenvalue weighted by Gasteiger charge is 2.09. The van der Waals surface area contributed by atoms with Crippen molar-refractivity contribution in [3.05, 3.63) is 23.8 Å². The first-order valence-corrected chi connectivity index (χ1v) is 5.40. The van der Waals surface area contributed by atoms with Gasteiger partial charge in [-0.25, -0.2) is 4.79 Å². The fourth-order valence-corrected chi connectivity index (χ4v) is 1.51. The van der Waals surface area contributed by atoms with Gasteiger partial charge in [-0.15, -0.1) is 0 Å². The second-order valence-electron chi connectivity index (χ2n) is 3.85. The molecule has 0 unspecified atom stereocenters. The van der Waals surface area contributed by atoms with E-state index in [1.807, 2.05) is 7.05 Å². The number of nitrogens with two attached hydrogens (primary N) is 1. The molecule has 4 heteroatoms. The number of aromatic carboxylic acids is 1. The Morgan fingerprint density at radius 1 is 1.50 bits per heavy atom. The number of nitrogens with zero attached hydrogens (tertiary/aromatic N) is 1. The average Bonchev–Trinajstić information content (AvgIpc) is 2.25. The Morgan fingerprint density at radius 2 is 2.19 bits per heavy atom. The van der Waals surface area contributed by atoms with Crippen molar-refractivity contribution in [3.8, 4) is 0 Å². The molecule has 0 saturated heterocycles. The molecule has 0 saturated carbocycles. The van der Waals surface area contributed by atoms with Gasteiger partial charge in [-0.3, -0.25) is 0 Å². The maximum atomic E-state index is 10.8. The van der Waals surface area contributed by atoms with Crippen LogP contribution >= 0.6 is 0 Å². The molecule has 0 spiro atoms. The second-order valence-corrected chi connectivity index (χ2v) is 3.85. The zero-order valence-corrected chi connectivity index (χ0v) is 9.73. The van der Waals surface area contributed by atoms with Gasteiger partial charge >= 0.3 is 5.97 Å².